The van der Waals surface area contributed by atoms with Crippen LogP contribution in [0.25, 0.3) is 11.1 Å². The molecule has 3 aromatic carbocycles. The van der Waals surface area contributed by atoms with Crippen LogP contribution in [-0.4, -0.2) is 52.9 Å². The summed E-state index contributed by atoms with van der Waals surface area (Å²) in [7, 11) is 0. The lowest BCUT2D eigenvalue weighted by Crippen LogP contribution is -2.46. The van der Waals surface area contributed by atoms with Crippen molar-refractivity contribution in [3.63, 3.8) is 0 Å². The molecule has 2 heterocycles. The fourth-order valence-corrected chi connectivity index (χ4v) is 5.90. The summed E-state index contributed by atoms with van der Waals surface area (Å²) >= 11 is 0. The number of hydrogen-bond donors (Lipinski definition) is 3. The second-order valence-electron chi connectivity index (χ2n) is 11.0. The number of amides is 1. The molecule has 40 heavy (non-hydrogen) atoms. The molecule has 2 fully saturated rings. The van der Waals surface area contributed by atoms with Gasteiger partial charge in [-0.25, -0.2) is 0 Å². The summed E-state index contributed by atoms with van der Waals surface area (Å²) in [4.78, 5) is 13.8. The van der Waals surface area contributed by atoms with Gasteiger partial charge in [-0.1, -0.05) is 79.7 Å². The number of carbonyl (C=O) groups is 1. The van der Waals surface area contributed by atoms with Gasteiger partial charge >= 0.3 is 0 Å². The standard InChI is InChI=1S/C33H40N2O5/c1-22-31(19-35-17-5-7-29(35)21-37)39-33(40-32(22)26-11-9-24(20-36)10-12-26)27-15-13-25(14-16-27)30-8-4-3-6-28(30)18-34-23(2)38/h3-4,6,8-16,22,29,31-33,36-37H,5,7,17-21H2,1-2H3,(H,34,38)/t22-,29+,31+,32+,33+/m1/s1. The maximum absolute atomic E-state index is 11.5. The normalized spacial score (nSPS) is 25.1. The minimum atomic E-state index is -0.539. The van der Waals surface area contributed by atoms with Crippen molar-refractivity contribution in [2.24, 2.45) is 5.92 Å². The first kappa shape index (κ1) is 28.5. The number of ether oxygens (including phenoxy) is 2. The number of rotatable bonds is 9. The first-order valence-corrected chi connectivity index (χ1v) is 14.2. The number of hydrogen-bond acceptors (Lipinski definition) is 6. The van der Waals surface area contributed by atoms with Gasteiger partial charge in [0.15, 0.2) is 6.29 Å². The van der Waals surface area contributed by atoms with Crippen LogP contribution in [0.3, 0.4) is 0 Å². The Morgan fingerprint density at radius 1 is 0.975 bits per heavy atom. The Labute approximate surface area is 236 Å². The lowest BCUT2D eigenvalue weighted by atomic mass is 9.89. The van der Waals surface area contributed by atoms with Crippen LogP contribution in [0.4, 0.5) is 0 Å². The molecule has 212 valence electrons. The Bertz CT molecular complexity index is 1260. The van der Waals surface area contributed by atoms with Gasteiger partial charge in [-0.05, 0) is 47.2 Å². The predicted molar refractivity (Wildman–Crippen MR) is 154 cm³/mol. The van der Waals surface area contributed by atoms with Crippen molar-refractivity contribution >= 4 is 5.91 Å². The van der Waals surface area contributed by atoms with Crippen LogP contribution in [0, 0.1) is 5.92 Å². The molecule has 0 radical (unpaired) electrons. The highest BCUT2D eigenvalue weighted by molar-refractivity contribution is 5.74. The number of aliphatic hydroxyl groups excluding tert-OH is 2. The Morgan fingerprint density at radius 2 is 1.70 bits per heavy atom. The molecule has 0 aromatic heterocycles. The molecule has 7 heteroatoms. The minimum absolute atomic E-state index is 0.00746. The summed E-state index contributed by atoms with van der Waals surface area (Å²) < 4.78 is 13.3. The van der Waals surface area contributed by atoms with Gasteiger partial charge in [0.05, 0.1) is 25.4 Å². The lowest BCUT2D eigenvalue weighted by Gasteiger charge is -2.43. The van der Waals surface area contributed by atoms with Gasteiger partial charge in [-0.2, -0.15) is 0 Å². The molecule has 1 amide bonds. The van der Waals surface area contributed by atoms with E-state index in [-0.39, 0.29) is 43.3 Å². The van der Waals surface area contributed by atoms with Crippen LogP contribution in [0.2, 0.25) is 0 Å². The zero-order valence-electron chi connectivity index (χ0n) is 23.3. The third-order valence-electron chi connectivity index (χ3n) is 8.29. The molecule has 0 unspecified atom stereocenters. The maximum Gasteiger partial charge on any atom is 0.217 e. The molecule has 5 rings (SSSR count). The molecule has 0 spiro atoms. The number of aliphatic hydroxyl groups is 2. The number of likely N-dealkylation sites (tertiary alicyclic amines) is 1. The summed E-state index contributed by atoms with van der Waals surface area (Å²) in [6.07, 6.45) is 1.30. The quantitative estimate of drug-likeness (QED) is 0.361. The van der Waals surface area contributed by atoms with E-state index in [2.05, 4.69) is 47.5 Å². The Hall–Kier alpha value is -3.07. The maximum atomic E-state index is 11.5. The predicted octanol–water partition coefficient (Wildman–Crippen LogP) is 4.73. The van der Waals surface area contributed by atoms with E-state index in [1.807, 2.05) is 42.5 Å². The van der Waals surface area contributed by atoms with Crippen LogP contribution in [0.5, 0.6) is 0 Å². The van der Waals surface area contributed by atoms with Gasteiger partial charge in [0.2, 0.25) is 5.91 Å². The van der Waals surface area contributed by atoms with E-state index in [9.17, 15) is 15.0 Å². The minimum Gasteiger partial charge on any atom is -0.395 e. The Balaban J connectivity index is 1.40. The van der Waals surface area contributed by atoms with Crippen molar-refractivity contribution < 1.29 is 24.5 Å². The lowest BCUT2D eigenvalue weighted by molar-refractivity contribution is -0.276. The number of carbonyl (C=O) groups excluding carboxylic acids is 1. The summed E-state index contributed by atoms with van der Waals surface area (Å²) in [6, 6.07) is 24.5. The molecule has 0 saturated carbocycles. The summed E-state index contributed by atoms with van der Waals surface area (Å²) in [5.41, 5.74) is 6.06. The van der Waals surface area contributed by atoms with Crippen molar-refractivity contribution in [2.45, 2.75) is 64.4 Å². The van der Waals surface area contributed by atoms with Gasteiger partial charge in [0.1, 0.15) is 0 Å². The van der Waals surface area contributed by atoms with Gasteiger partial charge in [0, 0.05) is 37.5 Å². The molecule has 0 bridgehead atoms. The van der Waals surface area contributed by atoms with Crippen LogP contribution in [0.1, 0.15) is 61.3 Å². The molecule has 7 nitrogen and oxygen atoms in total. The SMILES string of the molecule is CC(=O)NCc1ccccc1-c1ccc([C@H]2O[C@@H](CN3CCC[C@H]3CO)[C@@H](C)[C@@H](c3ccc(CO)cc3)O2)cc1. The Morgan fingerprint density at radius 3 is 2.40 bits per heavy atom. The van der Waals surface area contributed by atoms with Crippen LogP contribution in [0.15, 0.2) is 72.8 Å². The van der Waals surface area contributed by atoms with Gasteiger partial charge in [-0.15, -0.1) is 0 Å². The molecular weight excluding hydrogens is 504 g/mol. The van der Waals surface area contributed by atoms with Crippen molar-refractivity contribution in [1.82, 2.24) is 10.2 Å². The molecule has 3 N–H and O–H groups in total. The summed E-state index contributed by atoms with van der Waals surface area (Å²) in [5, 5.41) is 22.3. The zero-order valence-corrected chi connectivity index (χ0v) is 23.3. The number of benzene rings is 3. The van der Waals surface area contributed by atoms with E-state index in [0.717, 1.165) is 59.3 Å². The average molecular weight is 545 g/mol. The van der Waals surface area contributed by atoms with E-state index in [0.29, 0.717) is 6.54 Å². The average Bonchev–Trinajstić information content (AvgIpc) is 3.44. The molecule has 2 aliphatic rings. The van der Waals surface area contributed by atoms with Crippen LogP contribution >= 0.6 is 0 Å². The van der Waals surface area contributed by atoms with Crippen molar-refractivity contribution in [3.05, 3.63) is 95.1 Å². The molecule has 2 aliphatic heterocycles. The second-order valence-corrected chi connectivity index (χ2v) is 11.0. The molecule has 0 aliphatic carbocycles. The van der Waals surface area contributed by atoms with E-state index in [1.165, 1.54) is 6.92 Å². The fraction of sp³-hybridized carbons (Fsp3) is 0.424. The highest BCUT2D eigenvalue weighted by atomic mass is 16.7. The highest BCUT2D eigenvalue weighted by Crippen LogP contribution is 2.42. The molecule has 2 saturated heterocycles. The first-order valence-electron chi connectivity index (χ1n) is 14.2. The topological polar surface area (TPSA) is 91.3 Å². The van der Waals surface area contributed by atoms with E-state index in [4.69, 9.17) is 9.47 Å². The second kappa shape index (κ2) is 13.1. The van der Waals surface area contributed by atoms with E-state index >= 15 is 0 Å². The Kier molecular flexibility index (Phi) is 9.29. The molecular formula is C33H40N2O5. The largest absolute Gasteiger partial charge is 0.395 e. The van der Waals surface area contributed by atoms with Gasteiger partial charge in [0.25, 0.3) is 0 Å². The van der Waals surface area contributed by atoms with Crippen molar-refractivity contribution in [2.75, 3.05) is 19.7 Å². The van der Waals surface area contributed by atoms with Gasteiger partial charge < -0.3 is 25.0 Å². The monoisotopic (exact) mass is 544 g/mol. The number of nitrogens with zero attached hydrogens (tertiary/aromatic N) is 1. The van der Waals surface area contributed by atoms with Crippen molar-refractivity contribution in [3.8, 4) is 11.1 Å². The highest BCUT2D eigenvalue weighted by Gasteiger charge is 2.40. The van der Waals surface area contributed by atoms with Crippen LogP contribution < -0.4 is 5.32 Å². The van der Waals surface area contributed by atoms with Gasteiger partial charge in [-0.3, -0.25) is 9.69 Å². The number of nitrogens with one attached hydrogen (secondary N) is 1. The first-order chi connectivity index (χ1) is 19.5. The summed E-state index contributed by atoms with van der Waals surface area (Å²) in [5.74, 6) is 0.0384. The molecule has 5 atom stereocenters. The molecule has 3 aromatic rings. The zero-order chi connectivity index (χ0) is 28.1. The third kappa shape index (κ3) is 6.45. The van der Waals surface area contributed by atoms with E-state index < -0.39 is 6.29 Å². The van der Waals surface area contributed by atoms with Crippen molar-refractivity contribution in [1.29, 1.82) is 0 Å². The fourth-order valence-electron chi connectivity index (χ4n) is 5.90. The summed E-state index contributed by atoms with van der Waals surface area (Å²) in [6.45, 7) is 6.05. The van der Waals surface area contributed by atoms with Crippen LogP contribution in [-0.2, 0) is 27.4 Å². The van der Waals surface area contributed by atoms with E-state index in [1.54, 1.807) is 0 Å². The smallest absolute Gasteiger partial charge is 0.217 e. The third-order valence-corrected chi connectivity index (χ3v) is 8.29.